The topological polar surface area (TPSA) is 35.6 Å². The van der Waals surface area contributed by atoms with E-state index in [1.165, 1.54) is 18.2 Å². The maximum absolute atomic E-state index is 13.0. The number of rotatable bonds is 4. The molecule has 1 aromatic rings. The average molecular weight is 344 g/mol. The van der Waals surface area contributed by atoms with Gasteiger partial charge in [-0.3, -0.25) is 9.69 Å². The molecule has 4 nitrogen and oxygen atoms in total. The first kappa shape index (κ1) is 15.4. The number of nitrogens with zero attached hydrogens (tertiary/aromatic N) is 2. The number of halogens is 2. The van der Waals surface area contributed by atoms with Gasteiger partial charge in [-0.15, -0.1) is 0 Å². The van der Waals surface area contributed by atoms with Crippen LogP contribution in [0.5, 0.6) is 0 Å². The van der Waals surface area contributed by atoms with E-state index in [0.717, 1.165) is 32.7 Å². The van der Waals surface area contributed by atoms with Gasteiger partial charge in [0.2, 0.25) is 0 Å². The fraction of sp³-hybridized carbons (Fsp3) is 0.500. The Hall–Kier alpha value is -0.980. The number of carbonyl (C=O) groups excluding carboxylic acids is 1. The summed E-state index contributed by atoms with van der Waals surface area (Å²) in [5, 5.41) is 2.87. The van der Waals surface area contributed by atoms with Crippen LogP contribution in [0.25, 0.3) is 0 Å². The predicted molar refractivity (Wildman–Crippen MR) is 80.4 cm³/mol. The summed E-state index contributed by atoms with van der Waals surface area (Å²) < 4.78 is 13.4. The van der Waals surface area contributed by atoms with E-state index in [1.807, 2.05) is 0 Å². The van der Waals surface area contributed by atoms with Crippen molar-refractivity contribution in [1.29, 1.82) is 0 Å². The molecule has 2 rings (SSSR count). The molecule has 1 heterocycles. The molecular formula is C14H19BrFN3O. The highest BCUT2D eigenvalue weighted by molar-refractivity contribution is 9.10. The molecule has 0 aliphatic carbocycles. The smallest absolute Gasteiger partial charge is 0.252 e. The highest BCUT2D eigenvalue weighted by atomic mass is 79.9. The minimum absolute atomic E-state index is 0.175. The van der Waals surface area contributed by atoms with Crippen LogP contribution in [0.15, 0.2) is 22.7 Å². The zero-order chi connectivity index (χ0) is 14.5. The molecule has 0 unspecified atom stereocenters. The van der Waals surface area contributed by atoms with Crippen molar-refractivity contribution in [3.05, 3.63) is 34.1 Å². The highest BCUT2D eigenvalue weighted by Crippen LogP contribution is 2.17. The van der Waals surface area contributed by atoms with E-state index in [-0.39, 0.29) is 11.7 Å². The van der Waals surface area contributed by atoms with Gasteiger partial charge in [-0.25, -0.2) is 4.39 Å². The normalized spacial score (nSPS) is 17.1. The van der Waals surface area contributed by atoms with Gasteiger partial charge in [-0.1, -0.05) is 0 Å². The first-order valence-corrected chi connectivity index (χ1v) is 7.50. The summed E-state index contributed by atoms with van der Waals surface area (Å²) in [5.41, 5.74) is 0.463. The largest absolute Gasteiger partial charge is 0.351 e. The van der Waals surface area contributed by atoms with Crippen molar-refractivity contribution in [2.24, 2.45) is 0 Å². The summed E-state index contributed by atoms with van der Waals surface area (Å²) in [6, 6.07) is 4.08. The maximum atomic E-state index is 13.0. The van der Waals surface area contributed by atoms with Crippen molar-refractivity contribution in [3.63, 3.8) is 0 Å². The van der Waals surface area contributed by atoms with Crippen LogP contribution in [0.1, 0.15) is 10.4 Å². The van der Waals surface area contributed by atoms with Crippen molar-refractivity contribution in [2.75, 3.05) is 46.3 Å². The van der Waals surface area contributed by atoms with Gasteiger partial charge >= 0.3 is 0 Å². The Kier molecular flexibility index (Phi) is 5.51. The van der Waals surface area contributed by atoms with Gasteiger partial charge < -0.3 is 10.2 Å². The third-order valence-electron chi connectivity index (χ3n) is 3.49. The molecule has 0 spiro atoms. The summed E-state index contributed by atoms with van der Waals surface area (Å²) in [4.78, 5) is 16.6. The summed E-state index contributed by atoms with van der Waals surface area (Å²) in [7, 11) is 2.12. The lowest BCUT2D eigenvalue weighted by Gasteiger charge is -2.32. The van der Waals surface area contributed by atoms with Crippen LogP contribution in [0.3, 0.4) is 0 Å². The summed E-state index contributed by atoms with van der Waals surface area (Å²) in [5.74, 6) is -0.531. The molecule has 6 heteroatoms. The average Bonchev–Trinajstić information content (AvgIpc) is 2.41. The Balaban J connectivity index is 1.77. The molecule has 1 fully saturated rings. The van der Waals surface area contributed by atoms with Gasteiger partial charge in [-0.05, 0) is 41.2 Å². The molecule has 1 saturated heterocycles. The molecule has 1 amide bonds. The molecule has 0 aromatic heterocycles. The molecule has 0 atom stereocenters. The monoisotopic (exact) mass is 343 g/mol. The maximum Gasteiger partial charge on any atom is 0.252 e. The standard InChI is InChI=1S/C14H19BrFN3O/c1-18-6-8-19(9-7-18)5-4-17-14(20)12-3-2-11(16)10-13(12)15/h2-3,10H,4-9H2,1H3,(H,17,20). The first-order valence-electron chi connectivity index (χ1n) is 6.70. The molecule has 20 heavy (non-hydrogen) atoms. The lowest BCUT2D eigenvalue weighted by molar-refractivity contribution is 0.0940. The zero-order valence-corrected chi connectivity index (χ0v) is 13.1. The lowest BCUT2D eigenvalue weighted by Crippen LogP contribution is -2.46. The van der Waals surface area contributed by atoms with Crippen molar-refractivity contribution in [3.8, 4) is 0 Å². The molecule has 0 radical (unpaired) electrons. The number of nitrogens with one attached hydrogen (secondary N) is 1. The molecule has 1 aliphatic rings. The van der Waals surface area contributed by atoms with E-state index >= 15 is 0 Å². The van der Waals surface area contributed by atoms with Crippen molar-refractivity contribution in [2.45, 2.75) is 0 Å². The van der Waals surface area contributed by atoms with Crippen LogP contribution < -0.4 is 5.32 Å². The second-order valence-electron chi connectivity index (χ2n) is 5.02. The fourth-order valence-electron chi connectivity index (χ4n) is 2.17. The van der Waals surface area contributed by atoms with E-state index in [4.69, 9.17) is 0 Å². The Labute approximate surface area is 127 Å². The third kappa shape index (κ3) is 4.26. The van der Waals surface area contributed by atoms with Gasteiger partial charge in [0, 0.05) is 43.7 Å². The van der Waals surface area contributed by atoms with Crippen molar-refractivity contribution < 1.29 is 9.18 Å². The molecule has 1 N–H and O–H groups in total. The second kappa shape index (κ2) is 7.15. The molecule has 0 saturated carbocycles. The van der Waals surface area contributed by atoms with Crippen LogP contribution in [-0.4, -0.2) is 62.0 Å². The third-order valence-corrected chi connectivity index (χ3v) is 4.14. The van der Waals surface area contributed by atoms with E-state index in [2.05, 4.69) is 38.1 Å². The molecule has 1 aliphatic heterocycles. The lowest BCUT2D eigenvalue weighted by atomic mass is 10.2. The van der Waals surface area contributed by atoms with Crippen LogP contribution in [0.4, 0.5) is 4.39 Å². The van der Waals surface area contributed by atoms with Crippen molar-refractivity contribution in [1.82, 2.24) is 15.1 Å². The molecule has 0 bridgehead atoms. The van der Waals surface area contributed by atoms with Crippen LogP contribution in [0.2, 0.25) is 0 Å². The molecule has 1 aromatic carbocycles. The molecular weight excluding hydrogens is 325 g/mol. The SMILES string of the molecule is CN1CCN(CCNC(=O)c2ccc(F)cc2Br)CC1. The Morgan fingerprint density at radius 1 is 1.35 bits per heavy atom. The number of piperazine rings is 1. The zero-order valence-electron chi connectivity index (χ0n) is 11.5. The Morgan fingerprint density at radius 2 is 2.05 bits per heavy atom. The number of hydrogen-bond donors (Lipinski definition) is 1. The van der Waals surface area contributed by atoms with Crippen LogP contribution in [-0.2, 0) is 0 Å². The Morgan fingerprint density at radius 3 is 2.70 bits per heavy atom. The minimum Gasteiger partial charge on any atom is -0.351 e. The minimum atomic E-state index is -0.356. The first-order chi connectivity index (χ1) is 9.56. The van der Waals surface area contributed by atoms with Crippen LogP contribution in [0, 0.1) is 5.82 Å². The van der Waals surface area contributed by atoms with E-state index in [1.54, 1.807) is 0 Å². The van der Waals surface area contributed by atoms with Gasteiger partial charge in [0.15, 0.2) is 0 Å². The summed E-state index contributed by atoms with van der Waals surface area (Å²) >= 11 is 3.21. The Bertz CT molecular complexity index is 475. The predicted octanol–water partition coefficient (Wildman–Crippen LogP) is 1.57. The quantitative estimate of drug-likeness (QED) is 0.901. The number of benzene rings is 1. The number of likely N-dealkylation sites (N-methyl/N-ethyl adjacent to an activating group) is 1. The van der Waals surface area contributed by atoms with Crippen molar-refractivity contribution >= 4 is 21.8 Å². The summed E-state index contributed by atoms with van der Waals surface area (Å²) in [6.07, 6.45) is 0. The van der Waals surface area contributed by atoms with Gasteiger partial charge in [0.25, 0.3) is 5.91 Å². The van der Waals surface area contributed by atoms with Gasteiger partial charge in [0.1, 0.15) is 5.82 Å². The van der Waals surface area contributed by atoms with E-state index < -0.39 is 0 Å². The summed E-state index contributed by atoms with van der Waals surface area (Å²) in [6.45, 7) is 5.65. The second-order valence-corrected chi connectivity index (χ2v) is 5.88. The van der Waals surface area contributed by atoms with Gasteiger partial charge in [0.05, 0.1) is 5.56 Å². The van der Waals surface area contributed by atoms with Gasteiger partial charge in [-0.2, -0.15) is 0 Å². The molecule has 110 valence electrons. The van der Waals surface area contributed by atoms with Crippen LogP contribution >= 0.6 is 15.9 Å². The number of carbonyl (C=O) groups is 1. The fourth-order valence-corrected chi connectivity index (χ4v) is 2.70. The van der Waals surface area contributed by atoms with E-state index in [9.17, 15) is 9.18 Å². The highest BCUT2D eigenvalue weighted by Gasteiger charge is 2.14. The number of hydrogen-bond acceptors (Lipinski definition) is 3. The number of amides is 1. The van der Waals surface area contributed by atoms with E-state index in [0.29, 0.717) is 16.6 Å².